The number of para-hydroxylation sites is 2. The molecule has 0 amide bonds. The summed E-state index contributed by atoms with van der Waals surface area (Å²) in [6, 6.07) is 18.6. The van der Waals surface area contributed by atoms with Crippen molar-refractivity contribution < 1.29 is 0 Å². The predicted molar refractivity (Wildman–Crippen MR) is 81.8 cm³/mol. The molecule has 0 aliphatic heterocycles. The average Bonchev–Trinajstić information content (AvgIpc) is 2.48. The van der Waals surface area contributed by atoms with E-state index in [1.165, 1.54) is 4.57 Å². The molecule has 0 spiro atoms. The van der Waals surface area contributed by atoms with Crippen LogP contribution in [0, 0.1) is 0 Å². The van der Waals surface area contributed by atoms with Gasteiger partial charge in [-0.05, 0) is 24.3 Å². The second-order valence-electron chi connectivity index (χ2n) is 4.35. The summed E-state index contributed by atoms with van der Waals surface area (Å²) in [7, 11) is 0. The highest BCUT2D eigenvalue weighted by Crippen LogP contribution is 2.16. The molecule has 2 aromatic carbocycles. The van der Waals surface area contributed by atoms with E-state index in [4.69, 9.17) is 5.73 Å². The van der Waals surface area contributed by atoms with Crippen LogP contribution in [-0.4, -0.2) is 14.5 Å². The van der Waals surface area contributed by atoms with Gasteiger partial charge in [-0.15, -0.1) is 0 Å². The molecule has 0 aliphatic rings. The normalized spacial score (nSPS) is 10.3. The zero-order valence-corrected chi connectivity index (χ0v) is 11.1. The van der Waals surface area contributed by atoms with Gasteiger partial charge in [0.25, 0.3) is 0 Å². The highest BCUT2D eigenvalue weighted by atomic mass is 16.1. The van der Waals surface area contributed by atoms with E-state index >= 15 is 0 Å². The molecule has 21 heavy (non-hydrogen) atoms. The number of hydrogen-bond acceptors (Lipinski definition) is 5. The van der Waals surface area contributed by atoms with Crippen LogP contribution in [-0.2, 0) is 0 Å². The lowest BCUT2D eigenvalue weighted by molar-refractivity contribution is 0.880. The third-order valence-corrected chi connectivity index (χ3v) is 2.88. The highest BCUT2D eigenvalue weighted by Gasteiger charge is 2.10. The number of hydrogen-bond donors (Lipinski definition) is 2. The fraction of sp³-hybridized carbons (Fsp3) is 0. The van der Waals surface area contributed by atoms with E-state index in [0.717, 1.165) is 5.69 Å². The number of aromatic nitrogens is 3. The van der Waals surface area contributed by atoms with Gasteiger partial charge in [0.2, 0.25) is 11.9 Å². The number of nitrogens with two attached hydrogens (primary N) is 1. The summed E-state index contributed by atoms with van der Waals surface area (Å²) in [6.07, 6.45) is 0. The lowest BCUT2D eigenvalue weighted by Gasteiger charge is -2.13. The minimum absolute atomic E-state index is 0.0642. The Kier molecular flexibility index (Phi) is 3.34. The molecule has 6 heteroatoms. The van der Waals surface area contributed by atoms with Gasteiger partial charge in [0.15, 0.2) is 0 Å². The van der Waals surface area contributed by atoms with Crippen LogP contribution in [0.15, 0.2) is 65.5 Å². The SMILES string of the molecule is Nc1nc(Nc2ccccc2)n(-c2ccccc2)c(=O)n1. The van der Waals surface area contributed by atoms with Gasteiger partial charge in [-0.1, -0.05) is 36.4 Å². The fourth-order valence-corrected chi connectivity index (χ4v) is 1.97. The second-order valence-corrected chi connectivity index (χ2v) is 4.35. The molecule has 0 atom stereocenters. The number of nitrogen functional groups attached to an aromatic ring is 1. The number of nitrogens with one attached hydrogen (secondary N) is 1. The van der Waals surface area contributed by atoms with E-state index < -0.39 is 5.69 Å². The standard InChI is InChI=1S/C15H13N5O/c16-13-18-14(17-11-7-3-1-4-8-11)20(15(21)19-13)12-9-5-2-6-10-12/h1-10H,(H3,16,17,18,19,21). The first-order valence-electron chi connectivity index (χ1n) is 6.38. The van der Waals surface area contributed by atoms with Crippen molar-refractivity contribution in [3.63, 3.8) is 0 Å². The fourth-order valence-electron chi connectivity index (χ4n) is 1.97. The number of benzene rings is 2. The molecule has 0 aliphatic carbocycles. The van der Waals surface area contributed by atoms with Gasteiger partial charge >= 0.3 is 5.69 Å². The van der Waals surface area contributed by atoms with E-state index in [9.17, 15) is 4.79 Å². The summed E-state index contributed by atoms with van der Waals surface area (Å²) in [4.78, 5) is 20.0. The maximum atomic E-state index is 12.1. The van der Waals surface area contributed by atoms with E-state index in [1.54, 1.807) is 12.1 Å². The van der Waals surface area contributed by atoms with Crippen LogP contribution in [0.1, 0.15) is 0 Å². The van der Waals surface area contributed by atoms with Gasteiger partial charge in [-0.25, -0.2) is 9.36 Å². The maximum absolute atomic E-state index is 12.1. The highest BCUT2D eigenvalue weighted by molar-refractivity contribution is 5.56. The molecular weight excluding hydrogens is 266 g/mol. The Hall–Kier alpha value is -3.15. The van der Waals surface area contributed by atoms with Gasteiger partial charge < -0.3 is 11.1 Å². The van der Waals surface area contributed by atoms with Gasteiger partial charge in [0, 0.05) is 5.69 Å². The Bertz CT molecular complexity index is 799. The summed E-state index contributed by atoms with van der Waals surface area (Å²) in [5.74, 6) is 0.260. The largest absolute Gasteiger partial charge is 0.368 e. The van der Waals surface area contributed by atoms with Crippen LogP contribution in [0.5, 0.6) is 0 Å². The van der Waals surface area contributed by atoms with Gasteiger partial charge in [-0.3, -0.25) is 0 Å². The smallest absolute Gasteiger partial charge is 0.358 e. The maximum Gasteiger partial charge on any atom is 0.358 e. The van der Waals surface area contributed by atoms with Crippen LogP contribution in [0.25, 0.3) is 5.69 Å². The van der Waals surface area contributed by atoms with E-state index in [1.807, 2.05) is 48.5 Å². The van der Waals surface area contributed by atoms with Gasteiger partial charge in [0.05, 0.1) is 5.69 Å². The summed E-state index contributed by atoms with van der Waals surface area (Å²) in [5, 5.41) is 3.08. The Morgan fingerprint density at radius 2 is 1.52 bits per heavy atom. The van der Waals surface area contributed by atoms with Crippen molar-refractivity contribution in [2.45, 2.75) is 0 Å². The Balaban J connectivity index is 2.13. The monoisotopic (exact) mass is 279 g/mol. The third-order valence-electron chi connectivity index (χ3n) is 2.88. The van der Waals surface area contributed by atoms with E-state index in [0.29, 0.717) is 11.6 Å². The first kappa shape index (κ1) is 12.9. The lowest BCUT2D eigenvalue weighted by atomic mass is 10.3. The zero-order valence-electron chi connectivity index (χ0n) is 11.1. The molecule has 6 nitrogen and oxygen atoms in total. The number of anilines is 3. The van der Waals surface area contributed by atoms with Crippen molar-refractivity contribution in [3.05, 3.63) is 71.1 Å². The molecule has 0 saturated heterocycles. The molecule has 3 N–H and O–H groups in total. The van der Waals surface area contributed by atoms with Crippen LogP contribution in [0.3, 0.4) is 0 Å². The van der Waals surface area contributed by atoms with Crippen molar-refractivity contribution in [2.75, 3.05) is 11.1 Å². The van der Waals surface area contributed by atoms with Crippen LogP contribution in [0.2, 0.25) is 0 Å². The van der Waals surface area contributed by atoms with Gasteiger partial charge in [0.1, 0.15) is 0 Å². The van der Waals surface area contributed by atoms with Crippen molar-refractivity contribution in [3.8, 4) is 5.69 Å². The molecule has 104 valence electrons. The molecule has 0 unspecified atom stereocenters. The lowest BCUT2D eigenvalue weighted by Crippen LogP contribution is -2.26. The molecule has 0 fully saturated rings. The molecule has 0 bridgehead atoms. The molecule has 1 aromatic heterocycles. The quantitative estimate of drug-likeness (QED) is 0.765. The van der Waals surface area contributed by atoms with Crippen LogP contribution >= 0.6 is 0 Å². The van der Waals surface area contributed by atoms with Crippen LogP contribution in [0.4, 0.5) is 17.6 Å². The molecule has 0 saturated carbocycles. The first-order chi connectivity index (χ1) is 10.2. The third kappa shape index (κ3) is 2.74. The van der Waals surface area contributed by atoms with Crippen molar-refractivity contribution >= 4 is 17.6 Å². The Morgan fingerprint density at radius 1 is 0.905 bits per heavy atom. The summed E-state index contributed by atoms with van der Waals surface area (Å²) in [6.45, 7) is 0. The predicted octanol–water partition coefficient (Wildman–Crippen LogP) is 1.95. The minimum atomic E-state index is -0.480. The zero-order chi connectivity index (χ0) is 14.7. The molecular formula is C15H13N5O. The Labute approximate surface area is 120 Å². The summed E-state index contributed by atoms with van der Waals surface area (Å²) in [5.41, 5.74) is 6.58. The van der Waals surface area contributed by atoms with Crippen molar-refractivity contribution in [2.24, 2.45) is 0 Å². The summed E-state index contributed by atoms with van der Waals surface area (Å²) < 4.78 is 1.38. The van der Waals surface area contributed by atoms with Crippen molar-refractivity contribution in [1.82, 2.24) is 14.5 Å². The van der Waals surface area contributed by atoms with Crippen molar-refractivity contribution in [1.29, 1.82) is 0 Å². The topological polar surface area (TPSA) is 85.8 Å². The molecule has 0 radical (unpaired) electrons. The van der Waals surface area contributed by atoms with E-state index in [2.05, 4.69) is 15.3 Å². The molecule has 1 heterocycles. The van der Waals surface area contributed by atoms with Gasteiger partial charge in [-0.2, -0.15) is 9.97 Å². The number of rotatable bonds is 3. The first-order valence-corrected chi connectivity index (χ1v) is 6.38. The average molecular weight is 279 g/mol. The number of nitrogens with zero attached hydrogens (tertiary/aromatic N) is 3. The van der Waals surface area contributed by atoms with E-state index in [-0.39, 0.29) is 5.95 Å². The molecule has 3 aromatic rings. The minimum Gasteiger partial charge on any atom is -0.368 e. The Morgan fingerprint density at radius 3 is 2.19 bits per heavy atom. The second kappa shape index (κ2) is 5.46. The summed E-state index contributed by atoms with van der Waals surface area (Å²) >= 11 is 0. The van der Waals surface area contributed by atoms with Crippen LogP contribution < -0.4 is 16.7 Å². The molecule has 3 rings (SSSR count).